The number of anilines is 1. The van der Waals surface area contributed by atoms with Gasteiger partial charge in [-0.15, -0.1) is 0 Å². The standard InChI is InChI=1S/C31H42FN3O4/c1-20-15-22-19-39-27(31(2,3)32)17-25(22)26(16-20)28(30(36)37)35-13-11-24(18-35)38-14-5-4-8-23-10-9-21-7-6-12-33-29(21)34-23/h9-10,15-16,24,27-28H,4-8,11-14,17-19H2,1-3H3,(H,33,34)(H,36,37)/t24-,27?,28-/m1/s1. The molecule has 1 unspecified atom stereocenters. The Bertz CT molecular complexity index is 1180. The molecule has 5 rings (SSSR count). The van der Waals surface area contributed by atoms with Gasteiger partial charge in [-0.3, -0.25) is 9.69 Å². The molecule has 1 saturated heterocycles. The predicted molar refractivity (Wildman–Crippen MR) is 149 cm³/mol. The summed E-state index contributed by atoms with van der Waals surface area (Å²) in [6, 6.07) is 7.55. The van der Waals surface area contributed by atoms with Crippen molar-refractivity contribution in [3.63, 3.8) is 0 Å². The predicted octanol–water partition coefficient (Wildman–Crippen LogP) is 5.18. The van der Waals surface area contributed by atoms with Crippen LogP contribution >= 0.6 is 0 Å². The second-order valence-corrected chi connectivity index (χ2v) is 11.9. The fourth-order valence-electron chi connectivity index (χ4n) is 6.20. The van der Waals surface area contributed by atoms with E-state index in [1.165, 1.54) is 19.4 Å². The van der Waals surface area contributed by atoms with Crippen LogP contribution in [0.4, 0.5) is 10.2 Å². The average Bonchev–Trinajstić information content (AvgIpc) is 3.35. The minimum absolute atomic E-state index is 0.0133. The molecule has 2 aromatic rings. The average molecular weight is 540 g/mol. The number of hydrogen-bond donors (Lipinski definition) is 2. The summed E-state index contributed by atoms with van der Waals surface area (Å²) >= 11 is 0. The van der Waals surface area contributed by atoms with Crippen LogP contribution in [0.5, 0.6) is 0 Å². The number of rotatable bonds is 10. The molecule has 2 N–H and O–H groups in total. The van der Waals surface area contributed by atoms with Crippen molar-refractivity contribution >= 4 is 11.8 Å². The molecular weight excluding hydrogens is 497 g/mol. The van der Waals surface area contributed by atoms with Crippen LogP contribution in [0.25, 0.3) is 0 Å². The number of nitrogens with one attached hydrogen (secondary N) is 1. The number of hydrogen-bond acceptors (Lipinski definition) is 6. The minimum Gasteiger partial charge on any atom is -0.480 e. The second-order valence-electron chi connectivity index (χ2n) is 11.9. The van der Waals surface area contributed by atoms with Crippen molar-refractivity contribution in [2.24, 2.45) is 0 Å². The maximum absolute atomic E-state index is 14.8. The Kier molecular flexibility index (Phi) is 8.55. The van der Waals surface area contributed by atoms with E-state index in [4.69, 9.17) is 14.5 Å². The molecule has 1 fully saturated rings. The molecule has 3 aliphatic rings. The normalized spacial score (nSPS) is 22.2. The van der Waals surface area contributed by atoms with Crippen LogP contribution < -0.4 is 5.32 Å². The number of carbonyl (C=O) groups is 1. The van der Waals surface area contributed by atoms with E-state index in [1.54, 1.807) is 0 Å². The Morgan fingerprint density at radius 3 is 2.95 bits per heavy atom. The van der Waals surface area contributed by atoms with Gasteiger partial charge in [-0.25, -0.2) is 9.37 Å². The van der Waals surface area contributed by atoms with E-state index in [1.807, 2.05) is 24.0 Å². The van der Waals surface area contributed by atoms with Gasteiger partial charge in [0.2, 0.25) is 0 Å². The first-order valence-electron chi connectivity index (χ1n) is 14.4. The highest BCUT2D eigenvalue weighted by Crippen LogP contribution is 2.37. The summed E-state index contributed by atoms with van der Waals surface area (Å²) in [6.45, 7) is 8.20. The van der Waals surface area contributed by atoms with E-state index < -0.39 is 23.8 Å². The van der Waals surface area contributed by atoms with Gasteiger partial charge < -0.3 is 19.9 Å². The topological polar surface area (TPSA) is 83.9 Å². The van der Waals surface area contributed by atoms with Crippen LogP contribution in [0.1, 0.15) is 79.1 Å². The first-order chi connectivity index (χ1) is 18.7. The third-order valence-electron chi connectivity index (χ3n) is 8.32. The molecule has 0 bridgehead atoms. The first kappa shape index (κ1) is 28.0. The highest BCUT2D eigenvalue weighted by Gasteiger charge is 2.39. The summed E-state index contributed by atoms with van der Waals surface area (Å²) in [6.07, 6.45) is 5.73. The van der Waals surface area contributed by atoms with Crippen molar-refractivity contribution in [3.05, 3.63) is 57.8 Å². The molecule has 0 saturated carbocycles. The van der Waals surface area contributed by atoms with Crippen molar-refractivity contribution in [2.45, 2.75) is 96.2 Å². The van der Waals surface area contributed by atoms with Gasteiger partial charge in [-0.2, -0.15) is 0 Å². The third-order valence-corrected chi connectivity index (χ3v) is 8.32. The lowest BCUT2D eigenvalue weighted by Crippen LogP contribution is -2.40. The number of carboxylic acids is 1. The van der Waals surface area contributed by atoms with E-state index in [-0.39, 0.29) is 6.10 Å². The summed E-state index contributed by atoms with van der Waals surface area (Å²) in [5.74, 6) is 0.165. The molecule has 1 aromatic carbocycles. The fourth-order valence-corrected chi connectivity index (χ4v) is 6.20. The Labute approximate surface area is 231 Å². The van der Waals surface area contributed by atoms with Crippen molar-refractivity contribution in [1.82, 2.24) is 9.88 Å². The van der Waals surface area contributed by atoms with Crippen LogP contribution in [-0.4, -0.2) is 65.1 Å². The highest BCUT2D eigenvalue weighted by molar-refractivity contribution is 5.76. The monoisotopic (exact) mass is 539 g/mol. The van der Waals surface area contributed by atoms with E-state index in [0.717, 1.165) is 78.8 Å². The van der Waals surface area contributed by atoms with Gasteiger partial charge in [-0.1, -0.05) is 23.8 Å². The quantitative estimate of drug-likeness (QED) is 0.403. The van der Waals surface area contributed by atoms with Crippen LogP contribution in [0.15, 0.2) is 24.3 Å². The summed E-state index contributed by atoms with van der Waals surface area (Å²) < 4.78 is 26.8. The summed E-state index contributed by atoms with van der Waals surface area (Å²) in [5, 5.41) is 13.7. The molecule has 39 heavy (non-hydrogen) atoms. The number of aryl methyl sites for hydroxylation is 3. The van der Waals surface area contributed by atoms with E-state index in [2.05, 4.69) is 17.4 Å². The molecule has 4 heterocycles. The fraction of sp³-hybridized carbons (Fsp3) is 0.613. The number of ether oxygens (including phenoxy) is 2. The van der Waals surface area contributed by atoms with Gasteiger partial charge in [-0.05, 0) is 87.6 Å². The zero-order chi connectivity index (χ0) is 27.6. The molecule has 3 aliphatic heterocycles. The molecule has 0 spiro atoms. The van der Waals surface area contributed by atoms with Crippen molar-refractivity contribution in [3.8, 4) is 0 Å². The van der Waals surface area contributed by atoms with Crippen LogP contribution in [0.2, 0.25) is 0 Å². The highest BCUT2D eigenvalue weighted by atomic mass is 19.1. The molecule has 3 atom stereocenters. The largest absolute Gasteiger partial charge is 0.480 e. The number of unbranched alkanes of at least 4 members (excludes halogenated alkanes) is 1. The molecule has 0 radical (unpaired) electrons. The Hall–Kier alpha value is -2.55. The van der Waals surface area contributed by atoms with Crippen molar-refractivity contribution < 1.29 is 23.8 Å². The second kappa shape index (κ2) is 11.9. The molecule has 0 amide bonds. The molecule has 7 nitrogen and oxygen atoms in total. The maximum Gasteiger partial charge on any atom is 0.325 e. The number of pyridine rings is 1. The molecule has 8 heteroatoms. The number of nitrogens with zero attached hydrogens (tertiary/aromatic N) is 2. The number of alkyl halides is 1. The van der Waals surface area contributed by atoms with E-state index in [9.17, 15) is 14.3 Å². The zero-order valence-electron chi connectivity index (χ0n) is 23.5. The lowest BCUT2D eigenvalue weighted by atomic mass is 9.85. The van der Waals surface area contributed by atoms with Crippen molar-refractivity contribution in [2.75, 3.05) is 31.6 Å². The number of carboxylic acid groups (broad SMARTS) is 1. The van der Waals surface area contributed by atoms with Gasteiger partial charge in [0.1, 0.15) is 17.5 Å². The molecule has 212 valence electrons. The maximum atomic E-state index is 14.8. The molecule has 1 aromatic heterocycles. The Morgan fingerprint density at radius 2 is 2.15 bits per heavy atom. The summed E-state index contributed by atoms with van der Waals surface area (Å²) in [5.41, 5.74) is 4.57. The Morgan fingerprint density at radius 1 is 1.31 bits per heavy atom. The van der Waals surface area contributed by atoms with Crippen molar-refractivity contribution in [1.29, 1.82) is 0 Å². The molecular formula is C31H42FN3O4. The number of benzene rings is 1. The van der Waals surface area contributed by atoms with E-state index in [0.29, 0.717) is 32.7 Å². The number of fused-ring (bicyclic) bond motifs is 2. The van der Waals surface area contributed by atoms with Gasteiger partial charge >= 0.3 is 5.97 Å². The van der Waals surface area contributed by atoms with Crippen LogP contribution in [0.3, 0.4) is 0 Å². The SMILES string of the molecule is Cc1cc2c(c([C@H](C(=O)O)N3CC[C@@H](OCCCCc4ccc5c(n4)NCCC5)C3)c1)CC(C(C)(C)F)OC2. The number of aromatic nitrogens is 1. The zero-order valence-corrected chi connectivity index (χ0v) is 23.5. The van der Waals surface area contributed by atoms with Gasteiger partial charge in [0.15, 0.2) is 0 Å². The first-order valence-corrected chi connectivity index (χ1v) is 14.4. The number of likely N-dealkylation sites (tertiary alicyclic amines) is 1. The number of halogens is 1. The van der Waals surface area contributed by atoms with Gasteiger partial charge in [0.05, 0.1) is 18.8 Å². The molecule has 0 aliphatic carbocycles. The number of aliphatic carboxylic acids is 1. The van der Waals surface area contributed by atoms with Crippen LogP contribution in [0, 0.1) is 6.92 Å². The summed E-state index contributed by atoms with van der Waals surface area (Å²) in [7, 11) is 0. The Balaban J connectivity index is 1.16. The van der Waals surface area contributed by atoms with Gasteiger partial charge in [0.25, 0.3) is 0 Å². The minimum atomic E-state index is -1.50. The lowest BCUT2D eigenvalue weighted by molar-refractivity contribution is -0.143. The third kappa shape index (κ3) is 6.61. The smallest absolute Gasteiger partial charge is 0.325 e. The lowest BCUT2D eigenvalue weighted by Gasteiger charge is -2.35. The summed E-state index contributed by atoms with van der Waals surface area (Å²) in [4.78, 5) is 19.4. The van der Waals surface area contributed by atoms with Crippen LogP contribution in [-0.2, 0) is 40.1 Å². The van der Waals surface area contributed by atoms with Gasteiger partial charge in [0, 0.05) is 38.4 Å². The van der Waals surface area contributed by atoms with E-state index >= 15 is 0 Å².